The third-order valence-corrected chi connectivity index (χ3v) is 7.93. The Labute approximate surface area is 220 Å². The van der Waals surface area contributed by atoms with Crippen LogP contribution < -0.4 is 4.90 Å². The Morgan fingerprint density at radius 2 is 1.86 bits per heavy atom. The molecule has 2 aliphatic heterocycles. The van der Waals surface area contributed by atoms with Gasteiger partial charge in [0.25, 0.3) is 0 Å². The summed E-state index contributed by atoms with van der Waals surface area (Å²) in [5.41, 5.74) is 6.68. The molecule has 0 aromatic heterocycles. The van der Waals surface area contributed by atoms with Crippen molar-refractivity contribution in [2.24, 2.45) is 0 Å². The smallest absolute Gasteiger partial charge is 0.410 e. The number of phenolic OH excluding ortho intramolecular Hbond substituents is 1. The zero-order valence-corrected chi connectivity index (χ0v) is 22.5. The minimum atomic E-state index is -0.556. The number of anilines is 1. The van der Waals surface area contributed by atoms with Crippen LogP contribution in [0.4, 0.5) is 10.5 Å². The Morgan fingerprint density at radius 3 is 2.65 bits per heavy atom. The van der Waals surface area contributed by atoms with E-state index in [2.05, 4.69) is 12.1 Å². The van der Waals surface area contributed by atoms with E-state index in [4.69, 9.17) is 4.74 Å². The zero-order chi connectivity index (χ0) is 26.2. The van der Waals surface area contributed by atoms with E-state index < -0.39 is 5.60 Å². The molecule has 1 aliphatic carbocycles. The molecular weight excluding hydrogens is 464 g/mol. The van der Waals surface area contributed by atoms with Gasteiger partial charge in [-0.1, -0.05) is 30.7 Å². The van der Waals surface area contributed by atoms with Gasteiger partial charge in [-0.05, 0) is 106 Å². The number of benzene rings is 2. The predicted molar refractivity (Wildman–Crippen MR) is 145 cm³/mol. The number of hydrogen-bond donors (Lipinski definition) is 1. The number of phenols is 1. The van der Waals surface area contributed by atoms with Crippen LogP contribution in [0.25, 0.3) is 0 Å². The van der Waals surface area contributed by atoms with Crippen molar-refractivity contribution < 1.29 is 19.4 Å². The summed E-state index contributed by atoms with van der Waals surface area (Å²) >= 11 is 0. The number of ether oxygens (including phenoxy) is 1. The second kappa shape index (κ2) is 10.4. The van der Waals surface area contributed by atoms with Crippen LogP contribution in [0.5, 0.6) is 5.75 Å². The molecule has 0 saturated carbocycles. The van der Waals surface area contributed by atoms with Gasteiger partial charge in [-0.15, -0.1) is 0 Å². The lowest BCUT2D eigenvalue weighted by molar-refractivity contribution is -0.118. The average molecular weight is 505 g/mol. The van der Waals surface area contributed by atoms with Crippen LogP contribution in [0, 0.1) is 0 Å². The average Bonchev–Trinajstić information content (AvgIpc) is 3.28. The van der Waals surface area contributed by atoms with Gasteiger partial charge in [0.2, 0.25) is 5.91 Å². The van der Waals surface area contributed by atoms with E-state index >= 15 is 0 Å². The fourth-order valence-electron chi connectivity index (χ4n) is 6.29. The lowest BCUT2D eigenvalue weighted by Gasteiger charge is -2.37. The maximum atomic E-state index is 13.3. The molecule has 198 valence electrons. The molecule has 1 N–H and O–H groups in total. The normalized spacial score (nSPS) is 18.4. The Kier molecular flexibility index (Phi) is 7.19. The Balaban J connectivity index is 1.22. The highest BCUT2D eigenvalue weighted by molar-refractivity contribution is 5.98. The minimum absolute atomic E-state index is 0.0684. The third kappa shape index (κ3) is 5.48. The Morgan fingerprint density at radius 1 is 1.08 bits per heavy atom. The number of aromatic hydroxyl groups is 1. The largest absolute Gasteiger partial charge is 0.508 e. The van der Waals surface area contributed by atoms with E-state index in [1.807, 2.05) is 42.7 Å². The van der Waals surface area contributed by atoms with E-state index in [1.54, 1.807) is 6.07 Å². The van der Waals surface area contributed by atoms with Gasteiger partial charge >= 0.3 is 6.09 Å². The Bertz CT molecular complexity index is 1180. The monoisotopic (exact) mass is 504 g/mol. The first-order chi connectivity index (χ1) is 17.7. The molecular formula is C31H40N2O4. The lowest BCUT2D eigenvalue weighted by Crippen LogP contribution is -2.41. The van der Waals surface area contributed by atoms with Crippen molar-refractivity contribution in [3.63, 3.8) is 0 Å². The van der Waals surface area contributed by atoms with Gasteiger partial charge in [-0.2, -0.15) is 0 Å². The van der Waals surface area contributed by atoms with Crippen LogP contribution in [0.2, 0.25) is 0 Å². The SMILES string of the molecule is CC(C)(C)OC(=O)N(CCCCCc1cc2c3c(c1)CCN3C(=O)CC2)C1CCCc2c(O)cccc21. The number of carbonyl (C=O) groups excluding carboxylic acids is 2. The number of aryl methyl sites for hydroxylation is 2. The van der Waals surface area contributed by atoms with Crippen molar-refractivity contribution in [3.8, 4) is 5.75 Å². The maximum absolute atomic E-state index is 13.3. The standard InChI is InChI=1S/C31H40N2O4/c1-31(2,3)37-30(36)32(26-12-7-11-25-24(26)10-8-13-27(25)34)17-6-4-5-9-21-19-22-14-15-28(35)33-18-16-23(20-21)29(22)33/h8,10,13,19-20,26,34H,4-7,9,11-12,14-18H2,1-3H3. The molecule has 2 heterocycles. The second-order valence-electron chi connectivity index (χ2n) is 11.8. The van der Waals surface area contributed by atoms with Crippen molar-refractivity contribution in [1.29, 1.82) is 0 Å². The number of unbranched alkanes of at least 4 members (excludes halogenated alkanes) is 2. The van der Waals surface area contributed by atoms with Gasteiger partial charge in [0, 0.05) is 19.5 Å². The van der Waals surface area contributed by atoms with E-state index in [0.717, 1.165) is 75.5 Å². The fraction of sp³-hybridized carbons (Fsp3) is 0.548. The summed E-state index contributed by atoms with van der Waals surface area (Å²) in [5, 5.41) is 10.4. The van der Waals surface area contributed by atoms with Gasteiger partial charge in [-0.25, -0.2) is 4.79 Å². The highest BCUT2D eigenvalue weighted by atomic mass is 16.6. The summed E-state index contributed by atoms with van der Waals surface area (Å²) in [6, 6.07) is 10.2. The molecule has 2 aromatic rings. The van der Waals surface area contributed by atoms with Gasteiger partial charge in [-0.3, -0.25) is 4.79 Å². The van der Waals surface area contributed by atoms with Crippen molar-refractivity contribution in [3.05, 3.63) is 58.1 Å². The maximum Gasteiger partial charge on any atom is 0.410 e. The van der Waals surface area contributed by atoms with E-state index in [9.17, 15) is 14.7 Å². The molecule has 3 aliphatic rings. The highest BCUT2D eigenvalue weighted by Crippen LogP contribution is 2.40. The molecule has 2 amide bonds. The van der Waals surface area contributed by atoms with Crippen LogP contribution in [-0.4, -0.2) is 40.7 Å². The van der Waals surface area contributed by atoms with Crippen LogP contribution in [-0.2, 0) is 35.2 Å². The molecule has 1 atom stereocenters. The molecule has 6 nitrogen and oxygen atoms in total. The Hall–Kier alpha value is -3.02. The van der Waals surface area contributed by atoms with Crippen molar-refractivity contribution >= 4 is 17.7 Å². The van der Waals surface area contributed by atoms with Crippen LogP contribution in [0.3, 0.4) is 0 Å². The van der Waals surface area contributed by atoms with Crippen molar-refractivity contribution in [2.45, 2.75) is 96.6 Å². The first-order valence-electron chi connectivity index (χ1n) is 14.0. The van der Waals surface area contributed by atoms with Gasteiger partial charge in [0.1, 0.15) is 11.4 Å². The van der Waals surface area contributed by atoms with Gasteiger partial charge in [0.05, 0.1) is 11.7 Å². The highest BCUT2D eigenvalue weighted by Gasteiger charge is 2.33. The predicted octanol–water partition coefficient (Wildman–Crippen LogP) is 6.26. The minimum Gasteiger partial charge on any atom is -0.508 e. The molecule has 0 radical (unpaired) electrons. The van der Waals surface area contributed by atoms with Crippen LogP contribution >= 0.6 is 0 Å². The fourth-order valence-corrected chi connectivity index (χ4v) is 6.29. The number of nitrogens with zero attached hydrogens (tertiary/aromatic N) is 2. The number of rotatable bonds is 7. The molecule has 0 saturated heterocycles. The van der Waals surface area contributed by atoms with Gasteiger partial charge < -0.3 is 19.6 Å². The molecule has 0 bridgehead atoms. The molecule has 37 heavy (non-hydrogen) atoms. The molecule has 0 fully saturated rings. The summed E-state index contributed by atoms with van der Waals surface area (Å²) < 4.78 is 5.81. The van der Waals surface area contributed by atoms with Crippen molar-refractivity contribution in [2.75, 3.05) is 18.0 Å². The number of hydrogen-bond acceptors (Lipinski definition) is 4. The zero-order valence-electron chi connectivity index (χ0n) is 22.5. The lowest BCUT2D eigenvalue weighted by atomic mass is 9.86. The first-order valence-corrected chi connectivity index (χ1v) is 14.0. The summed E-state index contributed by atoms with van der Waals surface area (Å²) in [7, 11) is 0. The molecule has 5 rings (SSSR count). The van der Waals surface area contributed by atoms with Crippen LogP contribution in [0.1, 0.15) is 93.2 Å². The summed E-state index contributed by atoms with van der Waals surface area (Å²) in [6.07, 6.45) is 8.84. The second-order valence-corrected chi connectivity index (χ2v) is 11.8. The molecule has 0 spiro atoms. The summed E-state index contributed by atoms with van der Waals surface area (Å²) in [4.78, 5) is 29.4. The number of amides is 2. The molecule has 6 heteroatoms. The first kappa shape index (κ1) is 25.6. The number of fused-ring (bicyclic) bond motifs is 1. The third-order valence-electron chi connectivity index (χ3n) is 7.93. The van der Waals surface area contributed by atoms with Crippen LogP contribution in [0.15, 0.2) is 30.3 Å². The summed E-state index contributed by atoms with van der Waals surface area (Å²) in [6.45, 7) is 7.18. The van der Waals surface area contributed by atoms with Gasteiger partial charge in [0.15, 0.2) is 0 Å². The number of carbonyl (C=O) groups is 2. The van der Waals surface area contributed by atoms with E-state index in [-0.39, 0.29) is 18.0 Å². The summed E-state index contributed by atoms with van der Waals surface area (Å²) in [5.74, 6) is 0.594. The van der Waals surface area contributed by atoms with E-state index in [0.29, 0.717) is 18.7 Å². The van der Waals surface area contributed by atoms with Crippen molar-refractivity contribution in [1.82, 2.24) is 4.90 Å². The topological polar surface area (TPSA) is 70.1 Å². The molecule has 1 unspecified atom stereocenters. The quantitative estimate of drug-likeness (QED) is 0.452. The van der Waals surface area contributed by atoms with E-state index in [1.165, 1.54) is 22.4 Å². The molecule has 2 aromatic carbocycles.